The van der Waals surface area contributed by atoms with Crippen molar-refractivity contribution in [1.82, 2.24) is 4.90 Å². The first-order valence-electron chi connectivity index (χ1n) is 19.5. The molecule has 0 unspecified atom stereocenters. The molecule has 0 saturated heterocycles. The van der Waals surface area contributed by atoms with E-state index in [-0.39, 0.29) is 50.6 Å². The van der Waals surface area contributed by atoms with Crippen molar-refractivity contribution in [3.8, 4) is 17.2 Å². The van der Waals surface area contributed by atoms with E-state index < -0.39 is 0 Å². The minimum absolute atomic E-state index is 0.147. The van der Waals surface area contributed by atoms with E-state index in [2.05, 4.69) is 187 Å². The molecule has 0 radical (unpaired) electrons. The van der Waals surface area contributed by atoms with Gasteiger partial charge in [0.1, 0.15) is 17.2 Å². The second kappa shape index (κ2) is 14.0. The average Bonchev–Trinajstić information content (AvgIpc) is 2.93. The largest absolute Gasteiger partial charge is 0.507 e. The third kappa shape index (κ3) is 9.03. The van der Waals surface area contributed by atoms with Crippen molar-refractivity contribution in [1.29, 1.82) is 0 Å². The van der Waals surface area contributed by atoms with Crippen LogP contribution in [0.15, 0.2) is 36.4 Å². The fourth-order valence-corrected chi connectivity index (χ4v) is 7.43. The van der Waals surface area contributed by atoms with Crippen molar-refractivity contribution in [2.45, 2.75) is 196 Å². The van der Waals surface area contributed by atoms with Gasteiger partial charge in [-0.15, -0.1) is 0 Å². The number of rotatable bonds is 6. The zero-order valence-electron chi connectivity index (χ0n) is 37.0. The molecule has 290 valence electrons. The maximum atomic E-state index is 12.2. The first-order chi connectivity index (χ1) is 23.1. The number of hydrogen-bond donors (Lipinski definition) is 3. The van der Waals surface area contributed by atoms with E-state index >= 15 is 0 Å². The van der Waals surface area contributed by atoms with Gasteiger partial charge in [0.25, 0.3) is 0 Å². The Morgan fingerprint density at radius 1 is 0.346 bits per heavy atom. The van der Waals surface area contributed by atoms with Crippen LogP contribution in [0.1, 0.15) is 214 Å². The molecule has 0 amide bonds. The van der Waals surface area contributed by atoms with Gasteiger partial charge in [0.15, 0.2) is 0 Å². The molecule has 3 aromatic carbocycles. The molecule has 52 heavy (non-hydrogen) atoms. The zero-order chi connectivity index (χ0) is 40.5. The van der Waals surface area contributed by atoms with Crippen LogP contribution in [-0.4, -0.2) is 20.2 Å². The summed E-state index contributed by atoms with van der Waals surface area (Å²) in [4.78, 5) is 2.40. The molecule has 0 saturated carbocycles. The molecule has 0 bridgehead atoms. The minimum Gasteiger partial charge on any atom is -0.507 e. The molecule has 3 rings (SSSR count). The predicted octanol–water partition coefficient (Wildman–Crippen LogP) is 13.5. The fraction of sp³-hybridized carbons (Fsp3) is 0.625. The molecule has 0 aromatic heterocycles. The minimum atomic E-state index is -0.306. The Morgan fingerprint density at radius 3 is 0.692 bits per heavy atom. The van der Waals surface area contributed by atoms with E-state index in [0.717, 1.165) is 50.1 Å². The summed E-state index contributed by atoms with van der Waals surface area (Å²) < 4.78 is 0. The smallest absolute Gasteiger partial charge is 0.124 e. The molecule has 0 aliphatic carbocycles. The van der Waals surface area contributed by atoms with Crippen LogP contribution < -0.4 is 0 Å². The van der Waals surface area contributed by atoms with Gasteiger partial charge in [0, 0.05) is 34.8 Å². The molecule has 0 fully saturated rings. The summed E-state index contributed by atoms with van der Waals surface area (Å²) >= 11 is 0. The molecule has 0 heterocycles. The first-order valence-corrected chi connectivity index (χ1v) is 19.5. The second-order valence-corrected chi connectivity index (χ2v) is 21.9. The summed E-state index contributed by atoms with van der Waals surface area (Å²) in [5, 5.41) is 36.7. The maximum absolute atomic E-state index is 12.2. The van der Waals surface area contributed by atoms with Crippen LogP contribution >= 0.6 is 0 Å². The Bertz CT molecular complexity index is 1550. The number of nitrogens with zero attached hydrogens (tertiary/aromatic N) is 1. The summed E-state index contributed by atoms with van der Waals surface area (Å²) in [5.74, 6) is 0.926. The average molecular weight is 714 g/mol. The monoisotopic (exact) mass is 714 g/mol. The summed E-state index contributed by atoms with van der Waals surface area (Å²) in [6.45, 7) is 45.9. The Hall–Kier alpha value is -2.98. The summed E-state index contributed by atoms with van der Waals surface area (Å²) in [7, 11) is 0. The first kappa shape index (κ1) is 43.4. The molecule has 3 N–H and O–H groups in total. The second-order valence-electron chi connectivity index (χ2n) is 21.9. The third-order valence-electron chi connectivity index (χ3n) is 11.1. The molecule has 4 nitrogen and oxygen atoms in total. The molecule has 3 atom stereocenters. The van der Waals surface area contributed by atoms with Crippen LogP contribution in [0.25, 0.3) is 0 Å². The normalized spacial score (nSPS) is 15.6. The van der Waals surface area contributed by atoms with E-state index in [9.17, 15) is 15.3 Å². The van der Waals surface area contributed by atoms with E-state index in [1.165, 1.54) is 0 Å². The van der Waals surface area contributed by atoms with E-state index in [1.54, 1.807) is 0 Å². The van der Waals surface area contributed by atoms with Gasteiger partial charge in [-0.05, 0) is 105 Å². The lowest BCUT2D eigenvalue weighted by Crippen LogP contribution is -2.34. The molecule has 0 spiro atoms. The van der Waals surface area contributed by atoms with Gasteiger partial charge >= 0.3 is 0 Å². The van der Waals surface area contributed by atoms with Crippen molar-refractivity contribution in [2.75, 3.05) is 0 Å². The highest BCUT2D eigenvalue weighted by Crippen LogP contribution is 2.50. The lowest BCUT2D eigenvalue weighted by Gasteiger charge is -2.43. The molecular weight excluding hydrogens is 639 g/mol. The number of hydrogen-bond acceptors (Lipinski definition) is 4. The number of phenols is 3. The van der Waals surface area contributed by atoms with Crippen molar-refractivity contribution in [3.05, 3.63) is 86.5 Å². The van der Waals surface area contributed by atoms with E-state index in [1.807, 2.05) is 0 Å². The molecule has 0 aliphatic heterocycles. The van der Waals surface area contributed by atoms with Crippen LogP contribution in [-0.2, 0) is 32.5 Å². The zero-order valence-corrected chi connectivity index (χ0v) is 37.0. The maximum Gasteiger partial charge on any atom is 0.124 e. The van der Waals surface area contributed by atoms with Gasteiger partial charge in [0.2, 0.25) is 0 Å². The quantitative estimate of drug-likeness (QED) is 0.238. The third-order valence-corrected chi connectivity index (χ3v) is 11.1. The summed E-state index contributed by atoms with van der Waals surface area (Å²) in [6.07, 6.45) is 0. The Kier molecular flexibility index (Phi) is 11.7. The molecular formula is C48H75NO3. The topological polar surface area (TPSA) is 63.9 Å². The SMILES string of the molecule is C[C@H](c1cc(C(C)(C)C)cc(C(C)(C)C)c1O)N([C@H](C)c1cc(C(C)(C)C)cc(C(C)(C)C)c1O)[C@H](C)c1cc(C(C)(C)C)cc(C(C)(C)C)c1O. The van der Waals surface area contributed by atoms with Crippen molar-refractivity contribution in [3.63, 3.8) is 0 Å². The van der Waals surface area contributed by atoms with Crippen LogP contribution in [0.3, 0.4) is 0 Å². The van der Waals surface area contributed by atoms with Gasteiger partial charge in [-0.2, -0.15) is 0 Å². The van der Waals surface area contributed by atoms with Gasteiger partial charge in [-0.25, -0.2) is 0 Å². The van der Waals surface area contributed by atoms with Crippen LogP contribution in [0.5, 0.6) is 17.2 Å². The predicted molar refractivity (Wildman–Crippen MR) is 224 cm³/mol. The summed E-state index contributed by atoms with van der Waals surface area (Å²) in [6, 6.07) is 12.1. The number of benzene rings is 3. The fourth-order valence-electron chi connectivity index (χ4n) is 7.43. The highest BCUT2D eigenvalue weighted by Gasteiger charge is 2.38. The van der Waals surface area contributed by atoms with E-state index in [4.69, 9.17) is 0 Å². The highest BCUT2D eigenvalue weighted by molar-refractivity contribution is 5.54. The molecule has 3 aromatic rings. The van der Waals surface area contributed by atoms with Crippen LogP contribution in [0, 0.1) is 0 Å². The summed E-state index contributed by atoms with van der Waals surface area (Å²) in [5.41, 5.74) is 7.49. The van der Waals surface area contributed by atoms with Crippen molar-refractivity contribution >= 4 is 0 Å². The van der Waals surface area contributed by atoms with Crippen molar-refractivity contribution in [2.24, 2.45) is 0 Å². The Morgan fingerprint density at radius 2 is 0.538 bits per heavy atom. The van der Waals surface area contributed by atoms with Crippen LogP contribution in [0.2, 0.25) is 0 Å². The molecule has 4 heteroatoms. The van der Waals surface area contributed by atoms with Gasteiger partial charge < -0.3 is 15.3 Å². The van der Waals surface area contributed by atoms with Gasteiger partial charge in [0.05, 0.1) is 0 Å². The van der Waals surface area contributed by atoms with Crippen molar-refractivity contribution < 1.29 is 15.3 Å². The number of phenolic OH excluding ortho intramolecular Hbond substituents is 3. The van der Waals surface area contributed by atoms with Crippen LogP contribution in [0.4, 0.5) is 0 Å². The Balaban J connectivity index is 2.56. The van der Waals surface area contributed by atoms with E-state index in [0.29, 0.717) is 17.2 Å². The van der Waals surface area contributed by atoms with Gasteiger partial charge in [-0.1, -0.05) is 143 Å². The van der Waals surface area contributed by atoms with Gasteiger partial charge in [-0.3, -0.25) is 4.90 Å². The number of aromatic hydroxyl groups is 3. The Labute approximate surface area is 319 Å². The lowest BCUT2D eigenvalue weighted by molar-refractivity contribution is 0.0976. The standard InChI is InChI=1S/C48H75NO3/c1-28(34-22-31(43(4,5)6)25-37(40(34)50)46(13,14)15)49(29(2)35-23-32(44(7,8)9)26-38(41(35)51)47(16,17)18)30(3)36-24-33(45(10,11)12)27-39(42(36)52)48(19,20)21/h22-30,50-52H,1-21H3/t28-,29-,30-/m1/s1. The molecule has 0 aliphatic rings. The lowest BCUT2D eigenvalue weighted by atomic mass is 9.76. The highest BCUT2D eigenvalue weighted by atomic mass is 16.3.